The van der Waals surface area contributed by atoms with Gasteiger partial charge in [-0.25, -0.2) is 14.0 Å². The number of halogens is 1. The Labute approximate surface area is 257 Å². The molecular formula is C34H41FN4O5. The number of ketones is 1. The Morgan fingerprint density at radius 2 is 1.61 bits per heavy atom. The molecular weight excluding hydrogens is 563 g/mol. The molecule has 1 N–H and O–H groups in total. The minimum Gasteiger partial charge on any atom is -0.444 e. The lowest BCUT2D eigenvalue weighted by atomic mass is 9.98. The number of fused-ring (bicyclic) bond motifs is 1. The van der Waals surface area contributed by atoms with E-state index in [0.29, 0.717) is 43.2 Å². The SMILES string of the molecule is CC(C)(C)OC(=O)Nc1cc(F)ccc1CC(=O)c1cnc2c(C3CC3)c(N3CCN(C(=O)OC(C)(C)C)CC3)ccc2c1. The van der Waals surface area contributed by atoms with Crippen molar-refractivity contribution in [2.75, 3.05) is 36.4 Å². The number of hydrogen-bond acceptors (Lipinski definition) is 7. The summed E-state index contributed by atoms with van der Waals surface area (Å²) in [5.74, 6) is -0.324. The molecule has 1 saturated heterocycles. The molecule has 1 aliphatic carbocycles. The average molecular weight is 605 g/mol. The van der Waals surface area contributed by atoms with E-state index in [4.69, 9.17) is 14.5 Å². The summed E-state index contributed by atoms with van der Waals surface area (Å²) in [6.07, 6.45) is 2.72. The Bertz CT molecular complexity index is 1580. The zero-order valence-electron chi connectivity index (χ0n) is 26.3. The van der Waals surface area contributed by atoms with Crippen LogP contribution in [0.2, 0.25) is 0 Å². The molecule has 2 aromatic carbocycles. The summed E-state index contributed by atoms with van der Waals surface area (Å²) < 4.78 is 24.9. The van der Waals surface area contributed by atoms with Crippen LogP contribution in [0.1, 0.15) is 81.8 Å². The number of rotatable bonds is 6. The van der Waals surface area contributed by atoms with E-state index in [1.807, 2.05) is 32.9 Å². The number of benzene rings is 2. The average Bonchev–Trinajstić information content (AvgIpc) is 3.77. The van der Waals surface area contributed by atoms with Crippen molar-refractivity contribution < 1.29 is 28.2 Å². The van der Waals surface area contributed by atoms with Gasteiger partial charge in [-0.3, -0.25) is 15.1 Å². The lowest BCUT2D eigenvalue weighted by molar-refractivity contribution is 0.0240. The van der Waals surface area contributed by atoms with Crippen LogP contribution in [-0.4, -0.2) is 65.2 Å². The van der Waals surface area contributed by atoms with Crippen molar-refractivity contribution in [3.8, 4) is 0 Å². The highest BCUT2D eigenvalue weighted by molar-refractivity contribution is 6.02. The van der Waals surface area contributed by atoms with E-state index in [9.17, 15) is 18.8 Å². The van der Waals surface area contributed by atoms with E-state index in [0.717, 1.165) is 29.4 Å². The van der Waals surface area contributed by atoms with Crippen molar-refractivity contribution in [3.63, 3.8) is 0 Å². The highest BCUT2D eigenvalue weighted by atomic mass is 19.1. The molecule has 0 spiro atoms. The lowest BCUT2D eigenvalue weighted by Gasteiger charge is -2.37. The molecule has 10 heteroatoms. The molecule has 9 nitrogen and oxygen atoms in total. The van der Waals surface area contributed by atoms with Gasteiger partial charge in [0.2, 0.25) is 0 Å². The van der Waals surface area contributed by atoms with Gasteiger partial charge in [-0.1, -0.05) is 12.1 Å². The van der Waals surface area contributed by atoms with E-state index in [-0.39, 0.29) is 24.0 Å². The van der Waals surface area contributed by atoms with Crippen molar-refractivity contribution >= 4 is 40.2 Å². The number of ether oxygens (including phenoxy) is 2. The molecule has 2 fully saturated rings. The van der Waals surface area contributed by atoms with Crippen LogP contribution < -0.4 is 10.2 Å². The number of carbonyl (C=O) groups excluding carboxylic acids is 3. The minimum absolute atomic E-state index is 0.0475. The molecule has 1 aliphatic heterocycles. The van der Waals surface area contributed by atoms with Gasteiger partial charge in [-0.2, -0.15) is 0 Å². The highest BCUT2D eigenvalue weighted by Crippen LogP contribution is 2.47. The van der Waals surface area contributed by atoms with Gasteiger partial charge in [0.15, 0.2) is 5.78 Å². The molecule has 2 heterocycles. The van der Waals surface area contributed by atoms with Gasteiger partial charge < -0.3 is 19.3 Å². The number of hydrogen-bond donors (Lipinski definition) is 1. The van der Waals surface area contributed by atoms with Crippen molar-refractivity contribution in [2.45, 2.75) is 77.9 Å². The maximum Gasteiger partial charge on any atom is 0.412 e. The van der Waals surface area contributed by atoms with Crippen LogP contribution in [0.5, 0.6) is 0 Å². The fourth-order valence-electron chi connectivity index (χ4n) is 5.38. The van der Waals surface area contributed by atoms with E-state index in [1.54, 1.807) is 31.9 Å². The Kier molecular flexibility index (Phi) is 8.55. The number of anilines is 2. The first-order valence-electron chi connectivity index (χ1n) is 15.1. The first-order chi connectivity index (χ1) is 20.7. The lowest BCUT2D eigenvalue weighted by Crippen LogP contribution is -2.50. The van der Waals surface area contributed by atoms with Gasteiger partial charge in [0.25, 0.3) is 0 Å². The number of pyridine rings is 1. The predicted molar refractivity (Wildman–Crippen MR) is 168 cm³/mol. The molecule has 3 aromatic rings. The third-order valence-electron chi connectivity index (χ3n) is 7.51. The summed E-state index contributed by atoms with van der Waals surface area (Å²) in [4.78, 5) is 47.2. The monoisotopic (exact) mass is 604 g/mol. The second kappa shape index (κ2) is 12.1. The summed E-state index contributed by atoms with van der Waals surface area (Å²) in [6, 6.07) is 9.88. The molecule has 0 unspecified atom stereocenters. The fraction of sp³-hybridized carbons (Fsp3) is 0.471. The van der Waals surface area contributed by atoms with E-state index >= 15 is 0 Å². The van der Waals surface area contributed by atoms with E-state index in [1.165, 1.54) is 23.8 Å². The number of nitrogens with zero attached hydrogens (tertiary/aromatic N) is 3. The van der Waals surface area contributed by atoms with E-state index in [2.05, 4.69) is 16.3 Å². The molecule has 0 radical (unpaired) electrons. The first kappa shape index (κ1) is 31.2. The summed E-state index contributed by atoms with van der Waals surface area (Å²) in [7, 11) is 0. The summed E-state index contributed by atoms with van der Waals surface area (Å²) in [5.41, 5.74) is 3.04. The van der Waals surface area contributed by atoms with Crippen molar-refractivity contribution in [1.29, 1.82) is 0 Å². The molecule has 44 heavy (non-hydrogen) atoms. The van der Waals surface area contributed by atoms with E-state index < -0.39 is 23.1 Å². The largest absolute Gasteiger partial charge is 0.444 e. The Balaban J connectivity index is 1.33. The number of nitrogens with one attached hydrogen (secondary N) is 1. The topological polar surface area (TPSA) is 101 Å². The summed E-state index contributed by atoms with van der Waals surface area (Å²) >= 11 is 0. The van der Waals surface area contributed by atoms with Gasteiger partial charge in [0, 0.05) is 61.0 Å². The van der Waals surface area contributed by atoms with Gasteiger partial charge in [0.1, 0.15) is 17.0 Å². The number of piperazine rings is 1. The first-order valence-corrected chi connectivity index (χ1v) is 15.1. The summed E-state index contributed by atoms with van der Waals surface area (Å²) in [6.45, 7) is 13.4. The molecule has 1 aromatic heterocycles. The maximum absolute atomic E-state index is 14.0. The second-order valence-electron chi connectivity index (χ2n) is 13.6. The standard InChI is InChI=1S/C34H41FN4O5/c1-33(2,3)43-31(41)37-26-19-25(35)11-9-22(26)18-28(40)24-17-23-10-12-27(29(21-7-8-21)30(23)36-20-24)38-13-15-39(16-14-38)32(42)44-34(4,5)6/h9-12,17,19-21H,7-8,13-16,18H2,1-6H3,(H,37,41). The van der Waals surface area contributed by atoms with Crippen LogP contribution in [0, 0.1) is 5.82 Å². The second-order valence-corrected chi connectivity index (χ2v) is 13.6. The zero-order chi connectivity index (χ0) is 31.8. The van der Waals surface area contributed by atoms with Gasteiger partial charge in [-0.05, 0) is 90.1 Å². The fourth-order valence-corrected chi connectivity index (χ4v) is 5.38. The van der Waals surface area contributed by atoms with Crippen molar-refractivity contribution in [3.05, 3.63) is 65.1 Å². The van der Waals surface area contributed by atoms with Crippen LogP contribution in [0.15, 0.2) is 42.6 Å². The molecule has 2 amide bonds. The Morgan fingerprint density at radius 1 is 0.932 bits per heavy atom. The van der Waals surface area contributed by atoms with Crippen LogP contribution in [0.3, 0.4) is 0 Å². The molecule has 1 saturated carbocycles. The number of amides is 2. The molecule has 5 rings (SSSR count). The zero-order valence-corrected chi connectivity index (χ0v) is 26.3. The number of carbonyl (C=O) groups is 3. The normalized spacial score (nSPS) is 15.7. The van der Waals surface area contributed by atoms with Crippen LogP contribution in [-0.2, 0) is 15.9 Å². The minimum atomic E-state index is -0.724. The van der Waals surface area contributed by atoms with Gasteiger partial charge in [-0.15, -0.1) is 0 Å². The number of aromatic nitrogens is 1. The van der Waals surface area contributed by atoms with Crippen LogP contribution in [0.4, 0.5) is 25.4 Å². The Morgan fingerprint density at radius 3 is 2.25 bits per heavy atom. The third-order valence-corrected chi connectivity index (χ3v) is 7.51. The molecule has 0 atom stereocenters. The summed E-state index contributed by atoms with van der Waals surface area (Å²) in [5, 5.41) is 3.45. The predicted octanol–water partition coefficient (Wildman–Crippen LogP) is 7.08. The Hall–Kier alpha value is -4.21. The number of Topliss-reactive ketones (excluding diaryl/α,β-unsaturated/α-hetero) is 1. The van der Waals surface area contributed by atoms with Crippen LogP contribution >= 0.6 is 0 Å². The van der Waals surface area contributed by atoms with Crippen molar-refractivity contribution in [2.24, 2.45) is 0 Å². The molecule has 2 aliphatic rings. The third kappa shape index (κ3) is 7.65. The van der Waals surface area contributed by atoms with Gasteiger partial charge in [0.05, 0.1) is 11.2 Å². The van der Waals surface area contributed by atoms with Crippen molar-refractivity contribution in [1.82, 2.24) is 9.88 Å². The van der Waals surface area contributed by atoms with Crippen LogP contribution in [0.25, 0.3) is 10.9 Å². The smallest absolute Gasteiger partial charge is 0.412 e. The molecule has 0 bridgehead atoms. The quantitative estimate of drug-likeness (QED) is 0.300. The van der Waals surface area contributed by atoms with Gasteiger partial charge >= 0.3 is 12.2 Å². The highest BCUT2D eigenvalue weighted by Gasteiger charge is 2.33. The molecule has 234 valence electrons. The maximum atomic E-state index is 14.0.